The Morgan fingerprint density at radius 3 is 1.80 bits per heavy atom. The fourth-order valence-electron chi connectivity index (χ4n) is 7.69. The second-order valence-corrected chi connectivity index (χ2v) is 14.8. The van der Waals surface area contributed by atoms with Crippen molar-refractivity contribution in [2.75, 3.05) is 5.32 Å². The van der Waals surface area contributed by atoms with Crippen LogP contribution in [0.4, 0.5) is 5.69 Å². The minimum absolute atomic E-state index is 0.00895. The van der Waals surface area contributed by atoms with E-state index < -0.39 is 0 Å². The summed E-state index contributed by atoms with van der Waals surface area (Å²) in [4.78, 5) is 17.2. The summed E-state index contributed by atoms with van der Waals surface area (Å²) in [6.45, 7) is 6.20. The number of hydrogen-bond donors (Lipinski definition) is 1. The number of hydrogen-bond acceptors (Lipinski definition) is 3. The van der Waals surface area contributed by atoms with Crippen LogP contribution in [0.15, 0.2) is 60.7 Å². The molecule has 0 bridgehead atoms. The van der Waals surface area contributed by atoms with Crippen LogP contribution in [0.2, 0.25) is 0 Å². The molecule has 4 heteroatoms. The third-order valence-corrected chi connectivity index (χ3v) is 11.2. The van der Waals surface area contributed by atoms with E-state index in [2.05, 4.69) is 79.8 Å². The first-order chi connectivity index (χ1) is 22.6. The van der Waals surface area contributed by atoms with Crippen LogP contribution in [0.25, 0.3) is 31.9 Å². The SMILES string of the molecule is CCCCCCCCCCC1(CCCCCCCCCC)c2cc(NC(C)=O)ccc2-c2ccc(-c3nc4ccccc4s3)cc21. The molecule has 4 aromatic rings. The minimum Gasteiger partial charge on any atom is -0.326 e. The number of rotatable bonds is 20. The molecule has 5 rings (SSSR count). The van der Waals surface area contributed by atoms with Gasteiger partial charge in [-0.25, -0.2) is 4.98 Å². The van der Waals surface area contributed by atoms with Crippen molar-refractivity contribution in [2.45, 2.75) is 142 Å². The lowest BCUT2D eigenvalue weighted by atomic mass is 9.70. The number of nitrogens with zero attached hydrogens (tertiary/aromatic N) is 1. The summed E-state index contributed by atoms with van der Waals surface area (Å²) in [5.74, 6) is -0.00895. The average molecular weight is 637 g/mol. The predicted molar refractivity (Wildman–Crippen MR) is 200 cm³/mol. The number of benzene rings is 3. The van der Waals surface area contributed by atoms with E-state index in [0.29, 0.717) is 0 Å². The zero-order valence-electron chi connectivity index (χ0n) is 28.8. The summed E-state index contributed by atoms with van der Waals surface area (Å²) in [6, 6.07) is 22.3. The summed E-state index contributed by atoms with van der Waals surface area (Å²) >= 11 is 1.80. The molecule has 0 unspecified atom stereocenters. The topological polar surface area (TPSA) is 42.0 Å². The molecule has 246 valence electrons. The molecule has 3 nitrogen and oxygen atoms in total. The highest BCUT2D eigenvalue weighted by atomic mass is 32.1. The number of carbonyl (C=O) groups excluding carboxylic acids is 1. The molecule has 1 amide bonds. The third-order valence-electron chi connectivity index (χ3n) is 10.1. The maximum absolute atomic E-state index is 12.1. The zero-order chi connectivity index (χ0) is 32.2. The van der Waals surface area contributed by atoms with Gasteiger partial charge in [0.2, 0.25) is 5.91 Å². The molecule has 3 aromatic carbocycles. The fourth-order valence-corrected chi connectivity index (χ4v) is 8.65. The van der Waals surface area contributed by atoms with Gasteiger partial charge in [-0.15, -0.1) is 11.3 Å². The van der Waals surface area contributed by atoms with Gasteiger partial charge in [-0.2, -0.15) is 0 Å². The van der Waals surface area contributed by atoms with Crippen LogP contribution >= 0.6 is 11.3 Å². The first-order valence-electron chi connectivity index (χ1n) is 18.5. The lowest BCUT2D eigenvalue weighted by molar-refractivity contribution is -0.114. The highest BCUT2D eigenvalue weighted by molar-refractivity contribution is 7.21. The van der Waals surface area contributed by atoms with E-state index >= 15 is 0 Å². The number of thiazole rings is 1. The lowest BCUT2D eigenvalue weighted by Gasteiger charge is -2.33. The van der Waals surface area contributed by atoms with E-state index in [1.54, 1.807) is 18.3 Å². The highest BCUT2D eigenvalue weighted by Crippen LogP contribution is 2.55. The molecule has 0 saturated carbocycles. The van der Waals surface area contributed by atoms with Gasteiger partial charge in [-0.1, -0.05) is 147 Å². The number of amides is 1. The van der Waals surface area contributed by atoms with Gasteiger partial charge in [0.25, 0.3) is 0 Å². The van der Waals surface area contributed by atoms with Gasteiger partial charge in [0.1, 0.15) is 5.01 Å². The second-order valence-electron chi connectivity index (χ2n) is 13.7. The van der Waals surface area contributed by atoms with E-state index in [-0.39, 0.29) is 11.3 Å². The maximum atomic E-state index is 12.1. The van der Waals surface area contributed by atoms with Gasteiger partial charge in [0.15, 0.2) is 0 Å². The van der Waals surface area contributed by atoms with Crippen molar-refractivity contribution in [2.24, 2.45) is 0 Å². The quantitative estimate of drug-likeness (QED) is 0.0981. The van der Waals surface area contributed by atoms with Crippen molar-refractivity contribution >= 4 is 33.1 Å². The molecule has 1 aromatic heterocycles. The molecular formula is C42H56N2OS. The number of fused-ring (bicyclic) bond motifs is 4. The number of carbonyl (C=O) groups is 1. The van der Waals surface area contributed by atoms with Crippen molar-refractivity contribution in [1.29, 1.82) is 0 Å². The molecule has 0 aliphatic heterocycles. The minimum atomic E-state index is -0.0454. The van der Waals surface area contributed by atoms with Crippen LogP contribution < -0.4 is 5.32 Å². The summed E-state index contributed by atoms with van der Waals surface area (Å²) in [5, 5.41) is 4.21. The predicted octanol–water partition coefficient (Wildman–Crippen LogP) is 13.2. The lowest BCUT2D eigenvalue weighted by Crippen LogP contribution is -2.26. The highest BCUT2D eigenvalue weighted by Gasteiger charge is 2.42. The number of anilines is 1. The zero-order valence-corrected chi connectivity index (χ0v) is 29.6. The molecule has 46 heavy (non-hydrogen) atoms. The van der Waals surface area contributed by atoms with Crippen molar-refractivity contribution in [3.8, 4) is 21.7 Å². The number of unbranched alkanes of at least 4 members (excludes halogenated alkanes) is 14. The average Bonchev–Trinajstić information content (AvgIpc) is 3.61. The Bertz CT molecular complexity index is 1500. The first-order valence-corrected chi connectivity index (χ1v) is 19.3. The largest absolute Gasteiger partial charge is 0.326 e. The number of nitrogens with one attached hydrogen (secondary N) is 1. The monoisotopic (exact) mass is 636 g/mol. The fraction of sp³-hybridized carbons (Fsp3) is 0.524. The van der Waals surface area contributed by atoms with E-state index in [0.717, 1.165) is 29.1 Å². The van der Waals surface area contributed by atoms with Crippen molar-refractivity contribution < 1.29 is 4.79 Å². The summed E-state index contributed by atoms with van der Waals surface area (Å²) in [6.07, 6.45) is 23.6. The number of aromatic nitrogens is 1. The van der Waals surface area contributed by atoms with Crippen LogP contribution in [0.3, 0.4) is 0 Å². The molecule has 0 saturated heterocycles. The molecule has 0 fully saturated rings. The van der Waals surface area contributed by atoms with E-state index in [4.69, 9.17) is 4.98 Å². The molecule has 0 atom stereocenters. The van der Waals surface area contributed by atoms with Gasteiger partial charge in [-0.05, 0) is 65.4 Å². The molecule has 1 N–H and O–H groups in total. The van der Waals surface area contributed by atoms with Crippen LogP contribution in [-0.2, 0) is 10.2 Å². The Morgan fingerprint density at radius 1 is 0.674 bits per heavy atom. The molecule has 1 heterocycles. The van der Waals surface area contributed by atoms with Crippen molar-refractivity contribution in [3.63, 3.8) is 0 Å². The van der Waals surface area contributed by atoms with E-state index in [1.807, 2.05) is 0 Å². The van der Waals surface area contributed by atoms with Crippen molar-refractivity contribution in [1.82, 2.24) is 4.98 Å². The van der Waals surface area contributed by atoms with Gasteiger partial charge >= 0.3 is 0 Å². The molecule has 1 aliphatic carbocycles. The smallest absolute Gasteiger partial charge is 0.221 e. The molecular weight excluding hydrogens is 581 g/mol. The Labute approximate surface area is 282 Å². The van der Waals surface area contributed by atoms with Crippen LogP contribution in [0, 0.1) is 0 Å². The number of para-hydroxylation sites is 1. The van der Waals surface area contributed by atoms with Gasteiger partial charge in [0.05, 0.1) is 10.2 Å². The van der Waals surface area contributed by atoms with Gasteiger partial charge in [-0.3, -0.25) is 4.79 Å². The molecule has 0 radical (unpaired) electrons. The van der Waals surface area contributed by atoms with Crippen LogP contribution in [0.5, 0.6) is 0 Å². The van der Waals surface area contributed by atoms with Crippen LogP contribution in [-0.4, -0.2) is 10.9 Å². The third kappa shape index (κ3) is 8.48. The van der Waals surface area contributed by atoms with E-state index in [1.165, 1.54) is 135 Å². The maximum Gasteiger partial charge on any atom is 0.221 e. The first kappa shape index (κ1) is 34.4. The van der Waals surface area contributed by atoms with Gasteiger partial charge < -0.3 is 5.32 Å². The summed E-state index contributed by atoms with van der Waals surface area (Å²) in [5.41, 5.74) is 8.79. The second kappa shape index (κ2) is 17.3. The standard InChI is InChI=1S/C42H56N2OS/c1-4-6-8-10-12-14-16-20-28-42(29-21-17-15-13-11-9-7-5-2)37-30-33(41-44-39-22-18-19-23-40(39)46-41)24-26-35(37)36-27-25-34(31-38(36)42)43-32(3)45/h18-19,22-27,30-31H,4-17,20-21,28-29H2,1-3H3,(H,43,45). The Hall–Kier alpha value is -2.98. The van der Waals surface area contributed by atoms with Gasteiger partial charge in [0, 0.05) is 23.6 Å². The Balaban J connectivity index is 1.46. The summed E-state index contributed by atoms with van der Waals surface area (Å²) < 4.78 is 1.24. The Kier molecular flexibility index (Phi) is 12.9. The van der Waals surface area contributed by atoms with Crippen LogP contribution in [0.1, 0.15) is 147 Å². The Morgan fingerprint density at radius 2 is 1.22 bits per heavy atom. The normalized spacial score (nSPS) is 13.2. The van der Waals surface area contributed by atoms with E-state index in [9.17, 15) is 4.79 Å². The molecule has 1 aliphatic rings. The molecule has 0 spiro atoms. The summed E-state index contributed by atoms with van der Waals surface area (Å²) in [7, 11) is 0. The van der Waals surface area contributed by atoms with Crippen molar-refractivity contribution in [3.05, 3.63) is 71.8 Å².